The van der Waals surface area contributed by atoms with Crippen molar-refractivity contribution >= 4 is 45.9 Å². The molecule has 2 aromatic heterocycles. The molecule has 2 unspecified atom stereocenters. The molecule has 0 bridgehead atoms. The van der Waals surface area contributed by atoms with E-state index in [-0.39, 0.29) is 30.5 Å². The van der Waals surface area contributed by atoms with E-state index in [1.54, 1.807) is 13.8 Å². The average Bonchev–Trinajstić information content (AvgIpc) is 3.06. The first-order valence-corrected chi connectivity index (χ1v) is 11.5. The zero-order valence-electron chi connectivity index (χ0n) is 17.4. The summed E-state index contributed by atoms with van der Waals surface area (Å²) in [5, 5.41) is 3.82. The van der Waals surface area contributed by atoms with Gasteiger partial charge < -0.3 is 19.7 Å². The van der Waals surface area contributed by atoms with E-state index in [1.807, 2.05) is 19.9 Å². The van der Waals surface area contributed by atoms with E-state index in [1.165, 1.54) is 18.1 Å². The number of esters is 1. The summed E-state index contributed by atoms with van der Waals surface area (Å²) in [4.78, 5) is 39.6. The fourth-order valence-corrected chi connectivity index (χ4v) is 4.62. The lowest BCUT2D eigenvalue weighted by Crippen LogP contribution is -2.45. The van der Waals surface area contributed by atoms with Crippen LogP contribution in [0.25, 0.3) is 0 Å². The molecule has 11 heteroatoms. The molecule has 1 fully saturated rings. The summed E-state index contributed by atoms with van der Waals surface area (Å²) < 4.78 is 10.8. The largest absolute Gasteiger partial charge is 0.462 e. The van der Waals surface area contributed by atoms with Crippen molar-refractivity contribution in [2.75, 3.05) is 35.7 Å². The number of anilines is 2. The van der Waals surface area contributed by atoms with Crippen LogP contribution in [-0.4, -0.2) is 64.5 Å². The third kappa shape index (κ3) is 5.89. The topological polar surface area (TPSA) is 107 Å². The van der Waals surface area contributed by atoms with Crippen LogP contribution in [0.15, 0.2) is 17.4 Å². The Morgan fingerprint density at radius 3 is 2.77 bits per heavy atom. The van der Waals surface area contributed by atoms with E-state index < -0.39 is 5.97 Å². The molecule has 1 saturated heterocycles. The molecule has 3 rings (SSSR count). The first-order chi connectivity index (χ1) is 14.4. The molecule has 2 atom stereocenters. The molecular formula is C19H25N5O4S2. The minimum Gasteiger partial charge on any atom is -0.462 e. The number of rotatable bonds is 7. The Kier molecular flexibility index (Phi) is 7.62. The highest BCUT2D eigenvalue weighted by Crippen LogP contribution is 2.25. The highest BCUT2D eigenvalue weighted by molar-refractivity contribution is 7.99. The first kappa shape index (κ1) is 22.4. The van der Waals surface area contributed by atoms with Gasteiger partial charge in [-0.25, -0.2) is 19.7 Å². The number of carbonyl (C=O) groups excluding carboxylic acids is 2. The first-order valence-electron chi connectivity index (χ1n) is 9.65. The van der Waals surface area contributed by atoms with Crippen molar-refractivity contribution in [1.29, 1.82) is 0 Å². The van der Waals surface area contributed by atoms with Crippen molar-refractivity contribution in [2.24, 2.45) is 0 Å². The smallest absolute Gasteiger partial charge is 0.350 e. The number of hydrogen-bond donors (Lipinski definition) is 1. The highest BCUT2D eigenvalue weighted by atomic mass is 32.2. The van der Waals surface area contributed by atoms with Gasteiger partial charge in [-0.05, 0) is 27.7 Å². The van der Waals surface area contributed by atoms with Crippen molar-refractivity contribution < 1.29 is 19.1 Å². The summed E-state index contributed by atoms with van der Waals surface area (Å²) in [6.45, 7) is 9.35. The van der Waals surface area contributed by atoms with Gasteiger partial charge in [0.15, 0.2) is 5.13 Å². The Labute approximate surface area is 183 Å². The maximum Gasteiger partial charge on any atom is 0.350 e. The monoisotopic (exact) mass is 451 g/mol. The zero-order valence-corrected chi connectivity index (χ0v) is 19.0. The fourth-order valence-electron chi connectivity index (χ4n) is 3.08. The van der Waals surface area contributed by atoms with Crippen LogP contribution in [0, 0.1) is 6.92 Å². The van der Waals surface area contributed by atoms with E-state index in [4.69, 9.17) is 9.47 Å². The van der Waals surface area contributed by atoms with Crippen molar-refractivity contribution in [3.63, 3.8) is 0 Å². The maximum atomic E-state index is 12.3. The molecule has 0 radical (unpaired) electrons. The second kappa shape index (κ2) is 10.2. The molecule has 2 aromatic rings. The number of nitrogens with zero attached hydrogens (tertiary/aromatic N) is 4. The second-order valence-electron chi connectivity index (χ2n) is 6.87. The third-order valence-electron chi connectivity index (χ3n) is 4.23. The second-order valence-corrected chi connectivity index (χ2v) is 8.86. The molecule has 0 aliphatic carbocycles. The molecule has 30 heavy (non-hydrogen) atoms. The van der Waals surface area contributed by atoms with E-state index >= 15 is 0 Å². The van der Waals surface area contributed by atoms with Gasteiger partial charge in [0, 0.05) is 19.2 Å². The maximum absolute atomic E-state index is 12.3. The summed E-state index contributed by atoms with van der Waals surface area (Å²) in [7, 11) is 0. The summed E-state index contributed by atoms with van der Waals surface area (Å²) in [6, 6.07) is 1.88. The van der Waals surface area contributed by atoms with E-state index in [2.05, 4.69) is 25.2 Å². The van der Waals surface area contributed by atoms with Crippen LogP contribution in [0.3, 0.4) is 0 Å². The number of aryl methyl sites for hydroxylation is 1. The van der Waals surface area contributed by atoms with Crippen LogP contribution in [0.2, 0.25) is 0 Å². The summed E-state index contributed by atoms with van der Waals surface area (Å²) in [5.41, 5.74) is 0.538. The number of ether oxygens (including phenoxy) is 2. The quantitative estimate of drug-likeness (QED) is 0.386. The van der Waals surface area contributed by atoms with Gasteiger partial charge in [-0.2, -0.15) is 0 Å². The Bertz CT molecular complexity index is 897. The molecule has 3 heterocycles. The Morgan fingerprint density at radius 2 is 2.07 bits per heavy atom. The van der Waals surface area contributed by atoms with E-state index in [0.717, 1.165) is 30.2 Å². The standard InChI is InChI=1S/C19H25N5O4S2/c1-5-27-18(26)17-13(4)22-19(30-17)23-15(25)9-29-16-6-14(20-10-21-16)24-7-11(2)28-12(3)8-24/h6,10-12H,5,7-9H2,1-4H3,(H,22,23,25). The van der Waals surface area contributed by atoms with Crippen LogP contribution in [0.1, 0.15) is 36.1 Å². The van der Waals surface area contributed by atoms with Crippen LogP contribution in [-0.2, 0) is 14.3 Å². The van der Waals surface area contributed by atoms with Crippen molar-refractivity contribution in [3.8, 4) is 0 Å². The van der Waals surface area contributed by atoms with Crippen LogP contribution >= 0.6 is 23.1 Å². The molecule has 1 aliphatic heterocycles. The lowest BCUT2D eigenvalue weighted by molar-refractivity contribution is -0.113. The van der Waals surface area contributed by atoms with Crippen molar-refractivity contribution in [3.05, 3.63) is 23.0 Å². The SMILES string of the molecule is CCOC(=O)c1sc(NC(=O)CSc2cc(N3CC(C)OC(C)C3)ncn2)nc1C. The Balaban J connectivity index is 1.56. The zero-order chi connectivity index (χ0) is 21.7. The molecule has 1 aliphatic rings. The number of nitrogens with one attached hydrogen (secondary N) is 1. The van der Waals surface area contributed by atoms with Gasteiger partial charge in [0.05, 0.1) is 30.3 Å². The predicted molar refractivity (Wildman–Crippen MR) is 116 cm³/mol. The third-order valence-corrected chi connectivity index (χ3v) is 6.20. The molecule has 162 valence electrons. The number of thiazole rings is 1. The van der Waals surface area contributed by atoms with Crippen molar-refractivity contribution in [1.82, 2.24) is 15.0 Å². The summed E-state index contributed by atoms with van der Waals surface area (Å²) in [5.74, 6) is 0.338. The lowest BCUT2D eigenvalue weighted by Gasteiger charge is -2.36. The number of hydrogen-bond acceptors (Lipinski definition) is 10. The number of aromatic nitrogens is 3. The molecule has 1 N–H and O–H groups in total. The van der Waals surface area contributed by atoms with Crippen molar-refractivity contribution in [2.45, 2.75) is 44.9 Å². The summed E-state index contributed by atoms with van der Waals surface area (Å²) in [6.07, 6.45) is 1.77. The summed E-state index contributed by atoms with van der Waals surface area (Å²) >= 11 is 2.43. The lowest BCUT2D eigenvalue weighted by atomic mass is 10.2. The molecule has 0 spiro atoms. The molecule has 9 nitrogen and oxygen atoms in total. The fraction of sp³-hybridized carbons (Fsp3) is 0.526. The van der Waals surface area contributed by atoms with E-state index in [0.29, 0.717) is 20.7 Å². The van der Waals surface area contributed by atoms with Crippen LogP contribution in [0.4, 0.5) is 10.9 Å². The normalized spacial score (nSPS) is 18.9. The average molecular weight is 452 g/mol. The Morgan fingerprint density at radius 1 is 1.33 bits per heavy atom. The van der Waals surface area contributed by atoms with Gasteiger partial charge in [0.1, 0.15) is 22.0 Å². The molecule has 0 saturated carbocycles. The van der Waals surface area contributed by atoms with Crippen LogP contribution in [0.5, 0.6) is 0 Å². The number of amides is 1. The number of carbonyl (C=O) groups is 2. The number of morpholine rings is 1. The van der Waals surface area contributed by atoms with Gasteiger partial charge >= 0.3 is 5.97 Å². The van der Waals surface area contributed by atoms with Gasteiger partial charge in [-0.15, -0.1) is 0 Å². The Hall–Kier alpha value is -2.24. The van der Waals surface area contributed by atoms with Crippen LogP contribution < -0.4 is 10.2 Å². The number of thioether (sulfide) groups is 1. The van der Waals surface area contributed by atoms with E-state index in [9.17, 15) is 9.59 Å². The van der Waals surface area contributed by atoms with Gasteiger partial charge in [-0.3, -0.25) is 4.79 Å². The van der Waals surface area contributed by atoms with Gasteiger partial charge in [-0.1, -0.05) is 23.1 Å². The highest BCUT2D eigenvalue weighted by Gasteiger charge is 2.23. The minimum absolute atomic E-state index is 0.131. The van der Waals surface area contributed by atoms with Gasteiger partial charge in [0.2, 0.25) is 5.91 Å². The molecule has 1 amide bonds. The minimum atomic E-state index is -0.428. The molecular weight excluding hydrogens is 426 g/mol. The van der Waals surface area contributed by atoms with Gasteiger partial charge in [0.25, 0.3) is 0 Å². The predicted octanol–water partition coefficient (Wildman–Crippen LogP) is 2.76. The molecule has 0 aromatic carbocycles.